The van der Waals surface area contributed by atoms with Crippen molar-refractivity contribution >= 4 is 0 Å². The number of rotatable bonds is 20. The molecular weight excluding hydrogens is 423 g/mol. The Labute approximate surface area is 208 Å². The molecule has 1 atom stereocenters. The van der Waals surface area contributed by atoms with E-state index in [1.54, 1.807) is 0 Å². The van der Waals surface area contributed by atoms with E-state index in [4.69, 9.17) is 4.74 Å². The number of benzene rings is 1. The van der Waals surface area contributed by atoms with Gasteiger partial charge in [0.2, 0.25) is 0 Å². The Morgan fingerprint density at radius 2 is 1.24 bits per heavy atom. The van der Waals surface area contributed by atoms with Gasteiger partial charge < -0.3 is 4.74 Å². The van der Waals surface area contributed by atoms with Crippen LogP contribution in [0.1, 0.15) is 116 Å². The highest BCUT2D eigenvalue weighted by atomic mass is 19.1. The van der Waals surface area contributed by atoms with Gasteiger partial charge in [-0.3, -0.25) is 0 Å². The van der Waals surface area contributed by atoms with Gasteiger partial charge in [-0.2, -0.15) is 0 Å². The Kier molecular flexibility index (Phi) is 15.3. The molecule has 3 nitrogen and oxygen atoms in total. The number of hydrogen-bond acceptors (Lipinski definition) is 3. The molecule has 1 heterocycles. The smallest absolute Gasteiger partial charge is 0.159 e. The minimum atomic E-state index is -0.900. The van der Waals surface area contributed by atoms with Crippen molar-refractivity contribution in [2.75, 3.05) is 6.61 Å². The Bertz CT molecular complexity index is 732. The third kappa shape index (κ3) is 12.5. The van der Waals surface area contributed by atoms with E-state index in [-0.39, 0.29) is 6.61 Å². The van der Waals surface area contributed by atoms with Crippen LogP contribution in [0.15, 0.2) is 36.7 Å². The summed E-state index contributed by atoms with van der Waals surface area (Å²) >= 11 is 0. The van der Waals surface area contributed by atoms with Gasteiger partial charge in [-0.1, -0.05) is 97.3 Å². The van der Waals surface area contributed by atoms with Crippen molar-refractivity contribution in [1.82, 2.24) is 9.97 Å². The Morgan fingerprint density at radius 3 is 1.82 bits per heavy atom. The maximum Gasteiger partial charge on any atom is 0.159 e. The van der Waals surface area contributed by atoms with E-state index in [1.807, 2.05) is 36.7 Å². The normalized spacial score (nSPS) is 12.1. The summed E-state index contributed by atoms with van der Waals surface area (Å²) in [4.78, 5) is 9.10. The molecule has 0 N–H and O–H groups in total. The molecular formula is C30H47FN2O. The summed E-state index contributed by atoms with van der Waals surface area (Å²) in [5.41, 5.74) is 2.16. The van der Waals surface area contributed by atoms with Crippen LogP contribution in [0.3, 0.4) is 0 Å². The van der Waals surface area contributed by atoms with Crippen LogP contribution < -0.4 is 4.74 Å². The number of aryl methyl sites for hydroxylation is 1. The molecule has 0 fully saturated rings. The van der Waals surface area contributed by atoms with E-state index in [2.05, 4.69) is 23.8 Å². The van der Waals surface area contributed by atoms with Gasteiger partial charge >= 0.3 is 0 Å². The summed E-state index contributed by atoms with van der Waals surface area (Å²) in [6.45, 7) is 4.60. The lowest BCUT2D eigenvalue weighted by Crippen LogP contribution is -2.12. The van der Waals surface area contributed by atoms with Gasteiger partial charge in [0.1, 0.15) is 18.5 Å². The van der Waals surface area contributed by atoms with Gasteiger partial charge in [-0.15, -0.1) is 0 Å². The average Bonchev–Trinajstić information content (AvgIpc) is 2.87. The van der Waals surface area contributed by atoms with Crippen molar-refractivity contribution in [2.45, 2.75) is 123 Å². The van der Waals surface area contributed by atoms with Gasteiger partial charge in [-0.25, -0.2) is 14.4 Å². The maximum absolute atomic E-state index is 14.1. The fourth-order valence-electron chi connectivity index (χ4n) is 4.21. The van der Waals surface area contributed by atoms with Crippen LogP contribution in [-0.2, 0) is 6.42 Å². The van der Waals surface area contributed by atoms with E-state index < -0.39 is 6.17 Å². The summed E-state index contributed by atoms with van der Waals surface area (Å²) in [6, 6.07) is 7.66. The zero-order valence-electron chi connectivity index (χ0n) is 21.7. The van der Waals surface area contributed by atoms with E-state index in [0.717, 1.165) is 30.7 Å². The molecule has 0 radical (unpaired) electrons. The minimum absolute atomic E-state index is 0.123. The molecule has 2 aromatic rings. The van der Waals surface area contributed by atoms with Crippen molar-refractivity contribution in [3.8, 4) is 17.1 Å². The summed E-state index contributed by atoms with van der Waals surface area (Å²) in [6.07, 6.45) is 22.3. The van der Waals surface area contributed by atoms with Crippen LogP contribution in [-0.4, -0.2) is 22.7 Å². The van der Waals surface area contributed by atoms with E-state index in [1.165, 1.54) is 82.6 Å². The number of nitrogens with zero attached hydrogens (tertiary/aromatic N) is 2. The second-order valence-corrected chi connectivity index (χ2v) is 9.63. The third-order valence-electron chi connectivity index (χ3n) is 6.44. The minimum Gasteiger partial charge on any atom is -0.491 e. The van der Waals surface area contributed by atoms with Crippen LogP contribution >= 0.6 is 0 Å². The fraction of sp³-hybridized carbons (Fsp3) is 0.667. The van der Waals surface area contributed by atoms with E-state index >= 15 is 0 Å². The number of alkyl halides is 1. The monoisotopic (exact) mass is 470 g/mol. The third-order valence-corrected chi connectivity index (χ3v) is 6.44. The number of hydrogen-bond donors (Lipinski definition) is 0. The van der Waals surface area contributed by atoms with Crippen molar-refractivity contribution in [1.29, 1.82) is 0 Å². The molecule has 2 rings (SSSR count). The molecule has 0 spiro atoms. The first-order valence-electron chi connectivity index (χ1n) is 13.9. The second kappa shape index (κ2) is 18.4. The molecule has 0 saturated carbocycles. The first-order chi connectivity index (χ1) is 16.7. The molecule has 1 aromatic heterocycles. The largest absolute Gasteiger partial charge is 0.491 e. The number of unbranched alkanes of at least 4 members (excludes halogenated alkanes) is 12. The molecule has 0 aliphatic rings. The molecule has 34 heavy (non-hydrogen) atoms. The van der Waals surface area contributed by atoms with Crippen molar-refractivity contribution in [3.63, 3.8) is 0 Å². The topological polar surface area (TPSA) is 35.0 Å². The van der Waals surface area contributed by atoms with Crippen molar-refractivity contribution < 1.29 is 9.13 Å². The summed E-state index contributed by atoms with van der Waals surface area (Å²) < 4.78 is 19.7. The van der Waals surface area contributed by atoms with Crippen LogP contribution in [0.4, 0.5) is 4.39 Å². The quantitative estimate of drug-likeness (QED) is 0.181. The molecule has 4 heteroatoms. The lowest BCUT2D eigenvalue weighted by atomic mass is 10.1. The van der Waals surface area contributed by atoms with Gasteiger partial charge in [0.25, 0.3) is 0 Å². The van der Waals surface area contributed by atoms with E-state index in [0.29, 0.717) is 12.2 Å². The van der Waals surface area contributed by atoms with Gasteiger partial charge in [0.15, 0.2) is 5.82 Å². The van der Waals surface area contributed by atoms with Crippen LogP contribution in [0, 0.1) is 0 Å². The molecule has 0 aliphatic heterocycles. The second-order valence-electron chi connectivity index (χ2n) is 9.63. The van der Waals surface area contributed by atoms with Gasteiger partial charge in [-0.05, 0) is 49.1 Å². The summed E-state index contributed by atoms with van der Waals surface area (Å²) in [5, 5.41) is 0. The Hall–Kier alpha value is -1.97. The molecule has 0 aliphatic carbocycles. The average molecular weight is 471 g/mol. The molecule has 0 amide bonds. The molecule has 1 aromatic carbocycles. The van der Waals surface area contributed by atoms with Gasteiger partial charge in [0, 0.05) is 18.0 Å². The molecule has 190 valence electrons. The number of aromatic nitrogens is 2. The summed E-state index contributed by atoms with van der Waals surface area (Å²) in [5.74, 6) is 1.42. The fourth-order valence-corrected chi connectivity index (χ4v) is 4.21. The Morgan fingerprint density at radius 1 is 0.706 bits per heavy atom. The van der Waals surface area contributed by atoms with E-state index in [9.17, 15) is 4.39 Å². The highest BCUT2D eigenvalue weighted by molar-refractivity contribution is 5.55. The zero-order chi connectivity index (χ0) is 24.3. The predicted octanol–water partition coefficient (Wildman–Crippen LogP) is 9.29. The van der Waals surface area contributed by atoms with Crippen LogP contribution in [0.2, 0.25) is 0 Å². The lowest BCUT2D eigenvalue weighted by Gasteiger charge is -2.11. The van der Waals surface area contributed by atoms with Crippen LogP contribution in [0.25, 0.3) is 11.4 Å². The SMILES string of the molecule is CCCCCCCCCCc1cnc(-c2ccc(OC[C@H](F)CCCCCCCC)cc2)nc1. The van der Waals surface area contributed by atoms with Crippen LogP contribution in [0.5, 0.6) is 5.75 Å². The maximum atomic E-state index is 14.1. The highest BCUT2D eigenvalue weighted by Gasteiger charge is 2.08. The lowest BCUT2D eigenvalue weighted by molar-refractivity contribution is 0.184. The van der Waals surface area contributed by atoms with Crippen molar-refractivity contribution in [2.24, 2.45) is 0 Å². The van der Waals surface area contributed by atoms with Gasteiger partial charge in [0.05, 0.1) is 0 Å². The zero-order valence-corrected chi connectivity index (χ0v) is 21.7. The Balaban J connectivity index is 1.63. The number of halogens is 1. The highest BCUT2D eigenvalue weighted by Crippen LogP contribution is 2.20. The molecule has 0 unspecified atom stereocenters. The first kappa shape index (κ1) is 28.3. The number of ether oxygens (including phenoxy) is 1. The van der Waals surface area contributed by atoms with Crippen molar-refractivity contribution in [3.05, 3.63) is 42.2 Å². The predicted molar refractivity (Wildman–Crippen MR) is 142 cm³/mol. The summed E-state index contributed by atoms with van der Waals surface area (Å²) in [7, 11) is 0. The standard InChI is InChI=1S/C30H47FN2O/c1-3-5-7-9-11-12-13-15-17-26-23-32-30(33-24-26)27-19-21-29(22-20-27)34-25-28(31)18-16-14-10-8-6-4-2/h19-24,28H,3-18,25H2,1-2H3/t28-/m1/s1. The first-order valence-corrected chi connectivity index (χ1v) is 13.9. The molecule has 0 bridgehead atoms. The molecule has 0 saturated heterocycles.